The van der Waals surface area contributed by atoms with Crippen molar-refractivity contribution in [2.45, 2.75) is 51.0 Å². The molecule has 0 bridgehead atoms. The van der Waals surface area contributed by atoms with Gasteiger partial charge in [-0.3, -0.25) is 4.79 Å². The number of anilines is 1. The molecule has 0 radical (unpaired) electrons. The maximum Gasteiger partial charge on any atom is 0.269 e. The molecule has 0 atom stereocenters. The molecule has 2 aliphatic rings. The van der Waals surface area contributed by atoms with Gasteiger partial charge in [0.05, 0.1) is 11.9 Å². The van der Waals surface area contributed by atoms with Crippen LogP contribution in [0.2, 0.25) is 0 Å². The van der Waals surface area contributed by atoms with E-state index >= 15 is 0 Å². The fourth-order valence-corrected chi connectivity index (χ4v) is 2.64. The van der Waals surface area contributed by atoms with E-state index in [1.165, 1.54) is 44.1 Å². The van der Waals surface area contributed by atoms with Gasteiger partial charge in [-0.25, -0.2) is 4.98 Å². The average Bonchev–Trinajstić information content (AvgIpc) is 3.33. The zero-order valence-electron chi connectivity index (χ0n) is 12.4. The van der Waals surface area contributed by atoms with Gasteiger partial charge in [-0.15, -0.1) is 0 Å². The number of allylic oxidation sites excluding steroid dienone is 1. The van der Waals surface area contributed by atoms with Crippen LogP contribution in [0.25, 0.3) is 0 Å². The Labute approximate surface area is 126 Å². The highest BCUT2D eigenvalue weighted by molar-refractivity contribution is 5.92. The number of amides is 1. The van der Waals surface area contributed by atoms with E-state index in [1.807, 2.05) is 6.07 Å². The number of rotatable bonds is 6. The predicted octanol–water partition coefficient (Wildman–Crippen LogP) is 3.28. The van der Waals surface area contributed by atoms with Gasteiger partial charge in [0.1, 0.15) is 5.69 Å². The first-order valence-electron chi connectivity index (χ1n) is 8.00. The molecule has 0 aliphatic heterocycles. The first kappa shape index (κ1) is 14.1. The molecule has 21 heavy (non-hydrogen) atoms. The molecule has 1 saturated carbocycles. The molecule has 1 amide bonds. The molecule has 0 aromatic carbocycles. The van der Waals surface area contributed by atoms with Crippen LogP contribution in [0.15, 0.2) is 30.0 Å². The Morgan fingerprint density at radius 3 is 2.86 bits per heavy atom. The number of nitrogens with one attached hydrogen (secondary N) is 2. The van der Waals surface area contributed by atoms with Crippen LogP contribution in [-0.2, 0) is 0 Å². The minimum Gasteiger partial charge on any atom is -0.381 e. The van der Waals surface area contributed by atoms with Gasteiger partial charge in [0, 0.05) is 12.6 Å². The van der Waals surface area contributed by atoms with E-state index in [1.54, 1.807) is 12.3 Å². The minimum absolute atomic E-state index is 0.0793. The predicted molar refractivity (Wildman–Crippen MR) is 84.4 cm³/mol. The number of pyridine rings is 1. The van der Waals surface area contributed by atoms with E-state index < -0.39 is 0 Å². The lowest BCUT2D eigenvalue weighted by Gasteiger charge is -2.12. The van der Waals surface area contributed by atoms with Gasteiger partial charge in [-0.1, -0.05) is 11.6 Å². The van der Waals surface area contributed by atoms with Crippen LogP contribution in [0.4, 0.5) is 5.69 Å². The molecule has 2 aliphatic carbocycles. The van der Waals surface area contributed by atoms with E-state index in [9.17, 15) is 4.79 Å². The van der Waals surface area contributed by atoms with Gasteiger partial charge in [-0.05, 0) is 57.1 Å². The van der Waals surface area contributed by atoms with Crippen molar-refractivity contribution in [3.05, 3.63) is 35.7 Å². The largest absolute Gasteiger partial charge is 0.381 e. The van der Waals surface area contributed by atoms with Gasteiger partial charge in [0.2, 0.25) is 0 Å². The molecule has 1 aromatic heterocycles. The average molecular weight is 285 g/mol. The molecule has 3 rings (SSSR count). The number of aromatic nitrogens is 1. The Hall–Kier alpha value is -1.84. The molecule has 2 N–H and O–H groups in total. The summed E-state index contributed by atoms with van der Waals surface area (Å²) in [6, 6.07) is 4.33. The Bertz CT molecular complexity index is 517. The van der Waals surface area contributed by atoms with Crippen molar-refractivity contribution in [3.63, 3.8) is 0 Å². The lowest BCUT2D eigenvalue weighted by atomic mass is 9.97. The molecule has 0 unspecified atom stereocenters. The molecule has 0 saturated heterocycles. The van der Waals surface area contributed by atoms with E-state index in [0.717, 1.165) is 12.1 Å². The van der Waals surface area contributed by atoms with E-state index in [0.29, 0.717) is 18.3 Å². The van der Waals surface area contributed by atoms with Crippen LogP contribution in [0, 0.1) is 0 Å². The third kappa shape index (κ3) is 4.31. The van der Waals surface area contributed by atoms with Gasteiger partial charge < -0.3 is 10.6 Å². The molecule has 1 heterocycles. The van der Waals surface area contributed by atoms with Crippen molar-refractivity contribution in [3.8, 4) is 0 Å². The summed E-state index contributed by atoms with van der Waals surface area (Å²) in [7, 11) is 0. The van der Waals surface area contributed by atoms with Crippen molar-refractivity contribution >= 4 is 11.6 Å². The Kier molecular flexibility index (Phi) is 4.53. The topological polar surface area (TPSA) is 54.0 Å². The summed E-state index contributed by atoms with van der Waals surface area (Å²) in [6.07, 6.45) is 12.5. The molecule has 4 nitrogen and oxygen atoms in total. The maximum atomic E-state index is 12.0. The lowest BCUT2D eigenvalue weighted by Crippen LogP contribution is -2.25. The van der Waals surface area contributed by atoms with E-state index in [4.69, 9.17) is 0 Å². The van der Waals surface area contributed by atoms with Crippen LogP contribution >= 0.6 is 0 Å². The standard InChI is InChI=1S/C17H23N3O/c21-17(18-11-10-13-4-2-1-3-5-13)16-9-8-15(12-19-16)20-14-6-7-14/h4,8-9,12,14,20H,1-3,5-7,10-11H2,(H,18,21). The molecular formula is C17H23N3O. The Morgan fingerprint density at radius 1 is 1.29 bits per heavy atom. The number of hydrogen-bond acceptors (Lipinski definition) is 3. The summed E-state index contributed by atoms with van der Waals surface area (Å²) in [5.41, 5.74) is 2.98. The molecule has 0 spiro atoms. The van der Waals surface area contributed by atoms with Crippen LogP contribution in [0.5, 0.6) is 0 Å². The number of carbonyl (C=O) groups excluding carboxylic acids is 1. The van der Waals surface area contributed by atoms with Crippen molar-refractivity contribution in [1.29, 1.82) is 0 Å². The highest BCUT2D eigenvalue weighted by Gasteiger charge is 2.20. The normalized spacial score (nSPS) is 18.0. The SMILES string of the molecule is O=C(NCCC1=CCCCC1)c1ccc(NC2CC2)cn1. The number of carbonyl (C=O) groups is 1. The minimum atomic E-state index is -0.0793. The number of nitrogens with zero attached hydrogens (tertiary/aromatic N) is 1. The van der Waals surface area contributed by atoms with Crippen molar-refractivity contribution < 1.29 is 4.79 Å². The Morgan fingerprint density at radius 2 is 2.19 bits per heavy atom. The van der Waals surface area contributed by atoms with Crippen LogP contribution in [-0.4, -0.2) is 23.5 Å². The first-order chi connectivity index (χ1) is 10.3. The highest BCUT2D eigenvalue weighted by atomic mass is 16.1. The zero-order chi connectivity index (χ0) is 14.5. The second kappa shape index (κ2) is 6.74. The second-order valence-electron chi connectivity index (χ2n) is 5.96. The van der Waals surface area contributed by atoms with Crippen molar-refractivity contribution in [2.24, 2.45) is 0 Å². The van der Waals surface area contributed by atoms with Crippen molar-refractivity contribution in [1.82, 2.24) is 10.3 Å². The highest BCUT2D eigenvalue weighted by Crippen LogP contribution is 2.24. The Balaban J connectivity index is 1.44. The fraction of sp³-hybridized carbons (Fsp3) is 0.529. The first-order valence-corrected chi connectivity index (χ1v) is 8.00. The van der Waals surface area contributed by atoms with Crippen molar-refractivity contribution in [2.75, 3.05) is 11.9 Å². The van der Waals surface area contributed by atoms with Crippen LogP contribution in [0.3, 0.4) is 0 Å². The summed E-state index contributed by atoms with van der Waals surface area (Å²) in [6.45, 7) is 0.703. The molecule has 112 valence electrons. The maximum absolute atomic E-state index is 12.0. The number of hydrogen-bond donors (Lipinski definition) is 2. The van der Waals surface area contributed by atoms with E-state index in [2.05, 4.69) is 21.7 Å². The van der Waals surface area contributed by atoms with Gasteiger partial charge >= 0.3 is 0 Å². The summed E-state index contributed by atoms with van der Waals surface area (Å²) in [5, 5.41) is 6.32. The molecule has 4 heteroatoms. The lowest BCUT2D eigenvalue weighted by molar-refractivity contribution is 0.0949. The monoisotopic (exact) mass is 285 g/mol. The van der Waals surface area contributed by atoms with Crippen LogP contribution in [0.1, 0.15) is 55.4 Å². The third-order valence-corrected chi connectivity index (χ3v) is 4.06. The smallest absolute Gasteiger partial charge is 0.269 e. The van der Waals surface area contributed by atoms with Gasteiger partial charge in [-0.2, -0.15) is 0 Å². The second-order valence-corrected chi connectivity index (χ2v) is 5.96. The third-order valence-electron chi connectivity index (χ3n) is 4.06. The molecule has 1 fully saturated rings. The summed E-state index contributed by atoms with van der Waals surface area (Å²) in [5.74, 6) is -0.0793. The quantitative estimate of drug-likeness (QED) is 0.789. The summed E-state index contributed by atoms with van der Waals surface area (Å²) < 4.78 is 0. The summed E-state index contributed by atoms with van der Waals surface area (Å²) in [4.78, 5) is 16.3. The zero-order valence-corrected chi connectivity index (χ0v) is 12.4. The van der Waals surface area contributed by atoms with E-state index in [-0.39, 0.29) is 5.91 Å². The molecular weight excluding hydrogens is 262 g/mol. The van der Waals surface area contributed by atoms with Crippen LogP contribution < -0.4 is 10.6 Å². The fourth-order valence-electron chi connectivity index (χ4n) is 2.64. The molecule has 1 aromatic rings. The van der Waals surface area contributed by atoms with Gasteiger partial charge in [0.25, 0.3) is 5.91 Å². The van der Waals surface area contributed by atoms with Gasteiger partial charge in [0.15, 0.2) is 0 Å². The summed E-state index contributed by atoms with van der Waals surface area (Å²) >= 11 is 0.